The smallest absolute Gasteiger partial charge is 0.325 e. The Hall–Kier alpha value is -3.46. The van der Waals surface area contributed by atoms with E-state index in [1.807, 2.05) is 54.7 Å². The summed E-state index contributed by atoms with van der Waals surface area (Å²) in [7, 11) is 0. The number of carbonyl (C=O) groups is 2. The van der Waals surface area contributed by atoms with Crippen molar-refractivity contribution >= 4 is 38.8 Å². The highest BCUT2D eigenvalue weighted by atomic mass is 79.9. The molecule has 5 rings (SSSR count). The summed E-state index contributed by atoms with van der Waals surface area (Å²) in [6.45, 7) is -0.0709. The fraction of sp³-hybridized carbons (Fsp3) is 0.143. The monoisotopic (exact) mass is 465 g/mol. The van der Waals surface area contributed by atoms with Crippen LogP contribution in [0.3, 0.4) is 0 Å². The van der Waals surface area contributed by atoms with Gasteiger partial charge < -0.3 is 14.7 Å². The van der Waals surface area contributed by atoms with E-state index in [-0.39, 0.29) is 18.3 Å². The standard InChI is InChI=1S/C21H16BrN5O3/c22-14-7-5-12(6-8-14)19-26-25-18(30-19)11-27-20(28)17(24-21(27)29)9-13-10-23-16-4-2-1-3-15(13)16/h1-8,10,17,23H,9,11H2,(H,24,29)/t17-/m0/s1. The van der Waals surface area contributed by atoms with Gasteiger partial charge in [-0.25, -0.2) is 4.79 Å². The highest BCUT2D eigenvalue weighted by Gasteiger charge is 2.39. The number of hydrogen-bond acceptors (Lipinski definition) is 5. The summed E-state index contributed by atoms with van der Waals surface area (Å²) in [6, 6.07) is 14.2. The van der Waals surface area contributed by atoms with Crippen molar-refractivity contribution in [1.29, 1.82) is 0 Å². The quantitative estimate of drug-likeness (QED) is 0.437. The Labute approximate surface area is 179 Å². The molecule has 9 heteroatoms. The molecule has 0 unspecified atom stereocenters. The van der Waals surface area contributed by atoms with Crippen LogP contribution in [0.4, 0.5) is 4.79 Å². The van der Waals surface area contributed by atoms with Crippen molar-refractivity contribution in [1.82, 2.24) is 25.4 Å². The zero-order valence-electron chi connectivity index (χ0n) is 15.6. The number of urea groups is 1. The van der Waals surface area contributed by atoms with Crippen LogP contribution in [-0.4, -0.2) is 38.1 Å². The Morgan fingerprint density at radius 1 is 1.07 bits per heavy atom. The normalized spacial score (nSPS) is 16.4. The molecule has 1 fully saturated rings. The van der Waals surface area contributed by atoms with Crippen LogP contribution in [0, 0.1) is 0 Å². The Morgan fingerprint density at radius 3 is 2.70 bits per heavy atom. The first kappa shape index (κ1) is 18.6. The molecule has 2 aromatic heterocycles. The number of rotatable bonds is 5. The second-order valence-electron chi connectivity index (χ2n) is 7.00. The van der Waals surface area contributed by atoms with Crippen molar-refractivity contribution in [2.24, 2.45) is 0 Å². The van der Waals surface area contributed by atoms with Gasteiger partial charge in [0.05, 0.1) is 0 Å². The average molecular weight is 466 g/mol. The van der Waals surface area contributed by atoms with Crippen LogP contribution >= 0.6 is 15.9 Å². The van der Waals surface area contributed by atoms with Crippen LogP contribution in [0.2, 0.25) is 0 Å². The molecule has 4 aromatic rings. The molecular formula is C21H16BrN5O3. The molecule has 0 bridgehead atoms. The van der Waals surface area contributed by atoms with Crippen LogP contribution in [0.1, 0.15) is 11.5 Å². The van der Waals surface area contributed by atoms with E-state index in [4.69, 9.17) is 4.42 Å². The molecule has 1 aliphatic rings. The minimum Gasteiger partial charge on any atom is -0.419 e. The Bertz CT molecular complexity index is 1250. The molecule has 0 saturated carbocycles. The third-order valence-corrected chi connectivity index (χ3v) is 5.59. The van der Waals surface area contributed by atoms with Crippen LogP contribution in [0.15, 0.2) is 63.6 Å². The summed E-state index contributed by atoms with van der Waals surface area (Å²) in [4.78, 5) is 29.5. The summed E-state index contributed by atoms with van der Waals surface area (Å²) in [6.07, 6.45) is 2.27. The SMILES string of the molecule is O=C1N[C@@H](Cc2c[nH]c3ccccc23)C(=O)N1Cc1nnc(-c2ccc(Br)cc2)o1. The maximum atomic E-state index is 12.8. The molecule has 2 aromatic carbocycles. The van der Waals surface area contributed by atoms with Gasteiger partial charge in [0.1, 0.15) is 12.6 Å². The van der Waals surface area contributed by atoms with Gasteiger partial charge in [0.25, 0.3) is 5.91 Å². The fourth-order valence-corrected chi connectivity index (χ4v) is 3.81. The van der Waals surface area contributed by atoms with Crippen molar-refractivity contribution < 1.29 is 14.0 Å². The average Bonchev–Trinajstić information content (AvgIpc) is 3.44. The minimum absolute atomic E-state index is 0.0709. The van der Waals surface area contributed by atoms with Crippen LogP contribution < -0.4 is 5.32 Å². The second-order valence-corrected chi connectivity index (χ2v) is 7.91. The number of halogens is 1. The van der Waals surface area contributed by atoms with E-state index in [0.717, 1.165) is 31.4 Å². The number of imide groups is 1. The van der Waals surface area contributed by atoms with Crippen LogP contribution in [0.5, 0.6) is 0 Å². The molecule has 2 N–H and O–H groups in total. The summed E-state index contributed by atoms with van der Waals surface area (Å²) in [5, 5.41) is 11.8. The molecule has 1 atom stereocenters. The van der Waals surface area contributed by atoms with E-state index < -0.39 is 12.1 Å². The van der Waals surface area contributed by atoms with Gasteiger partial charge in [-0.1, -0.05) is 34.1 Å². The van der Waals surface area contributed by atoms with Gasteiger partial charge in [-0.2, -0.15) is 0 Å². The summed E-state index contributed by atoms with van der Waals surface area (Å²) in [5.41, 5.74) is 2.72. The highest BCUT2D eigenvalue weighted by Crippen LogP contribution is 2.23. The van der Waals surface area contributed by atoms with Gasteiger partial charge in [-0.15, -0.1) is 10.2 Å². The van der Waals surface area contributed by atoms with Crippen LogP contribution in [0.25, 0.3) is 22.4 Å². The maximum Gasteiger partial charge on any atom is 0.325 e. The van der Waals surface area contributed by atoms with E-state index in [0.29, 0.717) is 12.3 Å². The number of hydrogen-bond donors (Lipinski definition) is 2. The van der Waals surface area contributed by atoms with Crippen LogP contribution in [-0.2, 0) is 17.8 Å². The van der Waals surface area contributed by atoms with Gasteiger partial charge in [0.15, 0.2) is 0 Å². The topological polar surface area (TPSA) is 104 Å². The molecule has 1 saturated heterocycles. The lowest BCUT2D eigenvalue weighted by molar-refractivity contribution is -0.128. The van der Waals surface area contributed by atoms with Gasteiger partial charge in [0.2, 0.25) is 11.8 Å². The molecule has 8 nitrogen and oxygen atoms in total. The first-order chi connectivity index (χ1) is 14.6. The summed E-state index contributed by atoms with van der Waals surface area (Å²) < 4.78 is 6.59. The number of amides is 3. The predicted octanol–water partition coefficient (Wildman–Crippen LogP) is 3.64. The minimum atomic E-state index is -0.634. The number of para-hydroxylation sites is 1. The molecule has 0 radical (unpaired) electrons. The van der Waals surface area contributed by atoms with Crippen molar-refractivity contribution in [3.63, 3.8) is 0 Å². The van der Waals surface area contributed by atoms with E-state index in [1.54, 1.807) is 0 Å². The Kier molecular flexibility index (Phi) is 4.59. The van der Waals surface area contributed by atoms with Crippen molar-refractivity contribution in [3.05, 3.63) is 70.7 Å². The maximum absolute atomic E-state index is 12.8. The van der Waals surface area contributed by atoms with Gasteiger partial charge in [-0.05, 0) is 35.9 Å². The number of aromatic amines is 1. The number of H-pyrrole nitrogens is 1. The molecule has 150 valence electrons. The number of fused-ring (bicyclic) bond motifs is 1. The molecule has 0 aliphatic carbocycles. The van der Waals surface area contributed by atoms with Gasteiger partial charge in [0, 0.05) is 33.6 Å². The van der Waals surface area contributed by atoms with E-state index in [2.05, 4.69) is 36.4 Å². The highest BCUT2D eigenvalue weighted by molar-refractivity contribution is 9.10. The third-order valence-electron chi connectivity index (χ3n) is 5.06. The zero-order valence-corrected chi connectivity index (χ0v) is 17.2. The lowest BCUT2D eigenvalue weighted by Gasteiger charge is -2.10. The van der Waals surface area contributed by atoms with Gasteiger partial charge >= 0.3 is 6.03 Å². The van der Waals surface area contributed by atoms with Crippen molar-refractivity contribution in [3.8, 4) is 11.5 Å². The Balaban J connectivity index is 1.31. The van der Waals surface area contributed by atoms with E-state index >= 15 is 0 Å². The molecule has 30 heavy (non-hydrogen) atoms. The molecule has 1 aliphatic heterocycles. The zero-order chi connectivity index (χ0) is 20.7. The molecule has 3 heterocycles. The number of nitrogens with one attached hydrogen (secondary N) is 2. The predicted molar refractivity (Wildman–Crippen MR) is 112 cm³/mol. The first-order valence-corrected chi connectivity index (χ1v) is 10.1. The third kappa shape index (κ3) is 3.37. The van der Waals surface area contributed by atoms with E-state index in [1.165, 1.54) is 0 Å². The van der Waals surface area contributed by atoms with E-state index in [9.17, 15) is 9.59 Å². The largest absolute Gasteiger partial charge is 0.419 e. The second kappa shape index (κ2) is 7.42. The summed E-state index contributed by atoms with van der Waals surface area (Å²) >= 11 is 3.38. The molecular weight excluding hydrogens is 450 g/mol. The first-order valence-electron chi connectivity index (χ1n) is 9.33. The number of nitrogens with zero attached hydrogens (tertiary/aromatic N) is 3. The lowest BCUT2D eigenvalue weighted by Crippen LogP contribution is -2.32. The van der Waals surface area contributed by atoms with Crippen molar-refractivity contribution in [2.45, 2.75) is 19.0 Å². The Morgan fingerprint density at radius 2 is 1.87 bits per heavy atom. The summed E-state index contributed by atoms with van der Waals surface area (Å²) in [5.74, 6) is 0.220. The van der Waals surface area contributed by atoms with Gasteiger partial charge in [-0.3, -0.25) is 9.69 Å². The van der Waals surface area contributed by atoms with Crippen molar-refractivity contribution in [2.75, 3.05) is 0 Å². The number of aromatic nitrogens is 3. The fourth-order valence-electron chi connectivity index (χ4n) is 3.55. The lowest BCUT2D eigenvalue weighted by atomic mass is 10.1. The molecule has 3 amide bonds. The number of benzene rings is 2. The number of carbonyl (C=O) groups excluding carboxylic acids is 2. The molecule has 0 spiro atoms.